The molecule has 0 rings (SSSR count). The fourth-order valence-corrected chi connectivity index (χ4v) is 1.22. The Bertz CT molecular complexity index is 194. The molecule has 0 aliphatic rings. The molecule has 0 spiro atoms. The third-order valence-electron chi connectivity index (χ3n) is 2.13. The predicted octanol–water partition coefficient (Wildman–Crippen LogP) is 0.710. The van der Waals surface area contributed by atoms with Crippen LogP contribution in [-0.2, 0) is 19.0 Å². The number of ether oxygens (including phenoxy) is 3. The lowest BCUT2D eigenvalue weighted by Gasteiger charge is -2.21. The maximum atomic E-state index is 11.5. The molecule has 0 heterocycles. The van der Waals surface area contributed by atoms with Gasteiger partial charge in [-0.3, -0.25) is 4.79 Å². The molecule has 0 amide bonds. The van der Waals surface area contributed by atoms with Crippen LogP contribution in [0.15, 0.2) is 0 Å². The van der Waals surface area contributed by atoms with Crippen LogP contribution in [0.5, 0.6) is 0 Å². The molecule has 0 radical (unpaired) electrons. The van der Waals surface area contributed by atoms with Gasteiger partial charge in [0.05, 0.1) is 19.8 Å². The SMILES string of the molecule is CCCC(C)(N)C(=O)OCCOCCOC. The van der Waals surface area contributed by atoms with E-state index in [0.29, 0.717) is 26.2 Å². The third-order valence-corrected chi connectivity index (χ3v) is 2.13. The monoisotopic (exact) mass is 233 g/mol. The van der Waals surface area contributed by atoms with Crippen LogP contribution in [0.4, 0.5) is 0 Å². The minimum absolute atomic E-state index is 0.235. The number of methoxy groups -OCH3 is 1. The van der Waals surface area contributed by atoms with Crippen molar-refractivity contribution in [1.29, 1.82) is 0 Å². The molecule has 0 saturated carbocycles. The molecule has 96 valence electrons. The first-order valence-corrected chi connectivity index (χ1v) is 5.57. The van der Waals surface area contributed by atoms with Crippen LogP contribution in [0.25, 0.3) is 0 Å². The molecule has 5 heteroatoms. The van der Waals surface area contributed by atoms with Crippen molar-refractivity contribution in [1.82, 2.24) is 0 Å². The molecule has 0 aliphatic heterocycles. The zero-order chi connectivity index (χ0) is 12.4. The van der Waals surface area contributed by atoms with Gasteiger partial charge in [-0.2, -0.15) is 0 Å². The van der Waals surface area contributed by atoms with E-state index in [4.69, 9.17) is 19.9 Å². The van der Waals surface area contributed by atoms with Crippen molar-refractivity contribution >= 4 is 5.97 Å². The Balaban J connectivity index is 3.57. The summed E-state index contributed by atoms with van der Waals surface area (Å²) in [7, 11) is 1.61. The number of carbonyl (C=O) groups excluding carboxylic acids is 1. The molecule has 0 fully saturated rings. The summed E-state index contributed by atoms with van der Waals surface area (Å²) in [5, 5.41) is 0. The van der Waals surface area contributed by atoms with Gasteiger partial charge in [0.1, 0.15) is 12.1 Å². The van der Waals surface area contributed by atoms with E-state index < -0.39 is 5.54 Å². The Morgan fingerprint density at radius 1 is 1.25 bits per heavy atom. The zero-order valence-corrected chi connectivity index (χ0v) is 10.5. The highest BCUT2D eigenvalue weighted by Crippen LogP contribution is 2.10. The number of nitrogens with two attached hydrogens (primary N) is 1. The fraction of sp³-hybridized carbons (Fsp3) is 0.909. The van der Waals surface area contributed by atoms with E-state index in [1.54, 1.807) is 14.0 Å². The number of esters is 1. The van der Waals surface area contributed by atoms with Crippen molar-refractivity contribution < 1.29 is 19.0 Å². The van der Waals surface area contributed by atoms with Gasteiger partial charge in [-0.05, 0) is 13.3 Å². The molecule has 0 aromatic heterocycles. The van der Waals surface area contributed by atoms with Crippen molar-refractivity contribution in [2.45, 2.75) is 32.2 Å². The molecular weight excluding hydrogens is 210 g/mol. The van der Waals surface area contributed by atoms with Crippen LogP contribution in [0.2, 0.25) is 0 Å². The maximum Gasteiger partial charge on any atom is 0.325 e. The number of rotatable bonds is 9. The van der Waals surface area contributed by atoms with Crippen LogP contribution in [0.3, 0.4) is 0 Å². The third kappa shape index (κ3) is 6.76. The molecule has 1 atom stereocenters. The molecule has 0 aromatic carbocycles. The Labute approximate surface area is 97.2 Å². The maximum absolute atomic E-state index is 11.5. The van der Waals surface area contributed by atoms with Gasteiger partial charge >= 0.3 is 5.97 Å². The van der Waals surface area contributed by atoms with Crippen molar-refractivity contribution in [2.75, 3.05) is 33.5 Å². The highest BCUT2D eigenvalue weighted by Gasteiger charge is 2.28. The first-order valence-electron chi connectivity index (χ1n) is 5.57. The molecule has 2 N–H and O–H groups in total. The minimum atomic E-state index is -0.888. The van der Waals surface area contributed by atoms with Gasteiger partial charge in [0.25, 0.3) is 0 Å². The quantitative estimate of drug-likeness (QED) is 0.469. The molecule has 5 nitrogen and oxygen atoms in total. The summed E-state index contributed by atoms with van der Waals surface area (Å²) in [5.74, 6) is -0.371. The molecule has 0 bridgehead atoms. The molecule has 0 aliphatic carbocycles. The van der Waals surface area contributed by atoms with Crippen molar-refractivity contribution in [3.05, 3.63) is 0 Å². The molecule has 0 saturated heterocycles. The van der Waals surface area contributed by atoms with Crippen LogP contribution < -0.4 is 5.73 Å². The number of hydrogen-bond acceptors (Lipinski definition) is 5. The molecule has 0 aromatic rings. The number of carbonyl (C=O) groups is 1. The first-order chi connectivity index (χ1) is 7.54. The topological polar surface area (TPSA) is 70.8 Å². The van der Waals surface area contributed by atoms with E-state index in [9.17, 15) is 4.79 Å². The zero-order valence-electron chi connectivity index (χ0n) is 10.5. The molecule has 16 heavy (non-hydrogen) atoms. The second kappa shape index (κ2) is 8.50. The highest BCUT2D eigenvalue weighted by molar-refractivity contribution is 5.79. The van der Waals surface area contributed by atoms with Crippen LogP contribution in [-0.4, -0.2) is 45.0 Å². The Hall–Kier alpha value is -0.650. The predicted molar refractivity (Wildman–Crippen MR) is 61.2 cm³/mol. The molecule has 1 unspecified atom stereocenters. The second-order valence-corrected chi connectivity index (χ2v) is 3.91. The summed E-state index contributed by atoms with van der Waals surface area (Å²) in [6, 6.07) is 0. The van der Waals surface area contributed by atoms with Gasteiger partial charge in [0.2, 0.25) is 0 Å². The Morgan fingerprint density at radius 3 is 2.44 bits per heavy atom. The summed E-state index contributed by atoms with van der Waals surface area (Å²) in [6.07, 6.45) is 1.48. The lowest BCUT2D eigenvalue weighted by Crippen LogP contribution is -2.46. The Kier molecular flexibility index (Phi) is 8.15. The van der Waals surface area contributed by atoms with Crippen LogP contribution >= 0.6 is 0 Å². The van der Waals surface area contributed by atoms with Crippen LogP contribution in [0.1, 0.15) is 26.7 Å². The summed E-state index contributed by atoms with van der Waals surface area (Å²) < 4.78 is 15.0. The standard InChI is InChI=1S/C11H23NO4/c1-4-5-11(2,12)10(13)16-9-8-15-7-6-14-3/h4-9,12H2,1-3H3. The van der Waals surface area contributed by atoms with Gasteiger partial charge in [-0.15, -0.1) is 0 Å². The fourth-order valence-electron chi connectivity index (χ4n) is 1.22. The smallest absolute Gasteiger partial charge is 0.325 e. The molecular formula is C11H23NO4. The average Bonchev–Trinajstić information content (AvgIpc) is 2.22. The summed E-state index contributed by atoms with van der Waals surface area (Å²) in [4.78, 5) is 11.5. The lowest BCUT2D eigenvalue weighted by molar-refractivity contribution is -0.151. The van der Waals surface area contributed by atoms with Gasteiger partial charge in [0.15, 0.2) is 0 Å². The van der Waals surface area contributed by atoms with Crippen molar-refractivity contribution in [3.8, 4) is 0 Å². The van der Waals surface area contributed by atoms with E-state index >= 15 is 0 Å². The minimum Gasteiger partial charge on any atom is -0.462 e. The number of hydrogen-bond donors (Lipinski definition) is 1. The normalized spacial score (nSPS) is 14.5. The first kappa shape index (κ1) is 15.3. The van der Waals surface area contributed by atoms with Gasteiger partial charge < -0.3 is 19.9 Å². The summed E-state index contributed by atoms with van der Waals surface area (Å²) >= 11 is 0. The van der Waals surface area contributed by atoms with E-state index in [2.05, 4.69) is 0 Å². The Morgan fingerprint density at radius 2 is 1.88 bits per heavy atom. The van der Waals surface area contributed by atoms with Gasteiger partial charge in [-0.1, -0.05) is 13.3 Å². The van der Waals surface area contributed by atoms with E-state index in [-0.39, 0.29) is 12.6 Å². The van der Waals surface area contributed by atoms with E-state index in [1.165, 1.54) is 0 Å². The summed E-state index contributed by atoms with van der Waals surface area (Å²) in [5.41, 5.74) is 4.91. The summed E-state index contributed by atoms with van der Waals surface area (Å²) in [6.45, 7) is 5.31. The van der Waals surface area contributed by atoms with Gasteiger partial charge in [-0.25, -0.2) is 0 Å². The second-order valence-electron chi connectivity index (χ2n) is 3.91. The van der Waals surface area contributed by atoms with Crippen molar-refractivity contribution in [2.24, 2.45) is 5.73 Å². The van der Waals surface area contributed by atoms with Crippen LogP contribution in [0, 0.1) is 0 Å². The van der Waals surface area contributed by atoms with E-state index in [1.807, 2.05) is 6.92 Å². The van der Waals surface area contributed by atoms with Gasteiger partial charge in [0, 0.05) is 7.11 Å². The largest absolute Gasteiger partial charge is 0.462 e. The van der Waals surface area contributed by atoms with E-state index in [0.717, 1.165) is 6.42 Å². The average molecular weight is 233 g/mol. The lowest BCUT2D eigenvalue weighted by atomic mass is 9.98. The van der Waals surface area contributed by atoms with Crippen molar-refractivity contribution in [3.63, 3.8) is 0 Å². The highest BCUT2D eigenvalue weighted by atomic mass is 16.6.